The van der Waals surface area contributed by atoms with E-state index in [4.69, 9.17) is 4.42 Å². The monoisotopic (exact) mass is 261 g/mol. The summed E-state index contributed by atoms with van der Waals surface area (Å²) in [6.07, 6.45) is 1.66. The standard InChI is InChI=1S/C9H16BrNOSi/c1-9(2,3)13(4,5)8-11-7(10)6-12-8/h6H,1-5H3. The molecule has 0 aliphatic heterocycles. The summed E-state index contributed by atoms with van der Waals surface area (Å²) >= 11 is 3.31. The van der Waals surface area contributed by atoms with Crippen LogP contribution in [0.4, 0.5) is 0 Å². The molecule has 1 heterocycles. The molecule has 0 saturated carbocycles. The predicted molar refractivity (Wildman–Crippen MR) is 61.0 cm³/mol. The predicted octanol–water partition coefficient (Wildman–Crippen LogP) is 3.15. The summed E-state index contributed by atoms with van der Waals surface area (Å²) in [4.78, 5) is 4.36. The van der Waals surface area contributed by atoms with Crippen LogP contribution in [0.2, 0.25) is 18.1 Å². The van der Waals surface area contributed by atoms with Crippen LogP contribution < -0.4 is 5.51 Å². The maximum absolute atomic E-state index is 5.46. The average Bonchev–Trinajstić information content (AvgIpc) is 2.33. The van der Waals surface area contributed by atoms with E-state index >= 15 is 0 Å². The Kier molecular flexibility index (Phi) is 2.74. The number of hydrogen-bond donors (Lipinski definition) is 0. The molecule has 0 radical (unpaired) electrons. The molecular formula is C9H16BrNOSi. The number of oxazole rings is 1. The molecule has 0 amide bonds. The fraction of sp³-hybridized carbons (Fsp3) is 0.667. The van der Waals surface area contributed by atoms with Gasteiger partial charge in [0.15, 0.2) is 13.6 Å². The van der Waals surface area contributed by atoms with Gasteiger partial charge in [-0.1, -0.05) is 33.9 Å². The SMILES string of the molecule is CC(C)(C)[Si](C)(C)c1nc(Br)co1. The number of halogens is 1. The molecule has 1 aromatic rings. The summed E-state index contributed by atoms with van der Waals surface area (Å²) in [5, 5.41) is 0.275. The molecule has 1 aromatic heterocycles. The molecule has 2 nitrogen and oxygen atoms in total. The van der Waals surface area contributed by atoms with E-state index in [-0.39, 0.29) is 5.04 Å². The summed E-state index contributed by atoms with van der Waals surface area (Å²) in [6.45, 7) is 11.3. The zero-order valence-corrected chi connectivity index (χ0v) is 11.4. The quantitative estimate of drug-likeness (QED) is 0.727. The highest BCUT2D eigenvalue weighted by molar-refractivity contribution is 9.10. The van der Waals surface area contributed by atoms with Crippen LogP contribution in [0.3, 0.4) is 0 Å². The van der Waals surface area contributed by atoms with Gasteiger partial charge in [-0.25, -0.2) is 4.98 Å². The van der Waals surface area contributed by atoms with E-state index in [1.165, 1.54) is 0 Å². The molecule has 0 aromatic carbocycles. The van der Waals surface area contributed by atoms with Gasteiger partial charge in [0.05, 0.1) is 0 Å². The molecule has 0 aliphatic carbocycles. The molecule has 0 N–H and O–H groups in total. The van der Waals surface area contributed by atoms with Crippen LogP contribution in [0.15, 0.2) is 15.3 Å². The molecule has 4 heteroatoms. The molecule has 0 spiro atoms. The van der Waals surface area contributed by atoms with Crippen molar-refractivity contribution in [1.82, 2.24) is 4.98 Å². The molecule has 0 atom stereocenters. The first kappa shape index (κ1) is 11.0. The Labute approximate surface area is 88.9 Å². The smallest absolute Gasteiger partial charge is 0.167 e. The Morgan fingerprint density at radius 3 is 2.23 bits per heavy atom. The van der Waals surface area contributed by atoms with E-state index in [0.29, 0.717) is 0 Å². The van der Waals surface area contributed by atoms with Crippen molar-refractivity contribution in [1.29, 1.82) is 0 Å². The van der Waals surface area contributed by atoms with E-state index in [1.54, 1.807) is 6.26 Å². The van der Waals surface area contributed by atoms with Crippen LogP contribution in [0, 0.1) is 0 Å². The number of hydrogen-bond acceptors (Lipinski definition) is 2. The van der Waals surface area contributed by atoms with Gasteiger partial charge in [0.1, 0.15) is 10.9 Å². The number of rotatable bonds is 1. The summed E-state index contributed by atoms with van der Waals surface area (Å²) < 4.78 is 6.26. The van der Waals surface area contributed by atoms with Gasteiger partial charge in [0.2, 0.25) is 0 Å². The normalized spacial score (nSPS) is 13.4. The van der Waals surface area contributed by atoms with E-state index < -0.39 is 8.07 Å². The molecule has 1 rings (SSSR count). The molecule has 0 aliphatic rings. The number of nitrogens with zero attached hydrogens (tertiary/aromatic N) is 1. The molecular weight excluding hydrogens is 246 g/mol. The minimum absolute atomic E-state index is 0.275. The van der Waals surface area contributed by atoms with E-state index in [9.17, 15) is 0 Å². The van der Waals surface area contributed by atoms with Crippen molar-refractivity contribution in [3.05, 3.63) is 10.9 Å². The Balaban J connectivity index is 3.07. The summed E-state index contributed by atoms with van der Waals surface area (Å²) in [5.74, 6) is 0. The van der Waals surface area contributed by atoms with Gasteiger partial charge in [-0.05, 0) is 21.0 Å². The lowest BCUT2D eigenvalue weighted by atomic mass is 10.2. The summed E-state index contributed by atoms with van der Waals surface area (Å²) in [6, 6.07) is 0. The highest BCUT2D eigenvalue weighted by Gasteiger charge is 2.41. The minimum Gasteiger partial charge on any atom is -0.453 e. The molecule has 0 unspecified atom stereocenters. The minimum atomic E-state index is -1.57. The van der Waals surface area contributed by atoms with Gasteiger partial charge >= 0.3 is 0 Å². The summed E-state index contributed by atoms with van der Waals surface area (Å²) in [7, 11) is -1.57. The lowest BCUT2D eigenvalue weighted by Gasteiger charge is -2.33. The highest BCUT2D eigenvalue weighted by atomic mass is 79.9. The Bertz CT molecular complexity index is 301. The number of aromatic nitrogens is 1. The zero-order valence-electron chi connectivity index (χ0n) is 8.81. The second-order valence-electron chi connectivity index (χ2n) is 4.85. The van der Waals surface area contributed by atoms with Crippen LogP contribution in [-0.4, -0.2) is 13.1 Å². The molecule has 13 heavy (non-hydrogen) atoms. The maximum atomic E-state index is 5.46. The first-order valence-electron chi connectivity index (χ1n) is 4.36. The van der Waals surface area contributed by atoms with Crippen molar-refractivity contribution in [3.8, 4) is 0 Å². The third-order valence-electron chi connectivity index (χ3n) is 2.89. The van der Waals surface area contributed by atoms with Crippen molar-refractivity contribution < 1.29 is 4.42 Å². The van der Waals surface area contributed by atoms with Crippen LogP contribution in [0.25, 0.3) is 0 Å². The van der Waals surface area contributed by atoms with Gasteiger partial charge in [-0.15, -0.1) is 0 Å². The Hall–Kier alpha value is -0.0931. The van der Waals surface area contributed by atoms with Gasteiger partial charge in [0.25, 0.3) is 0 Å². The molecule has 0 fully saturated rings. The largest absolute Gasteiger partial charge is 0.453 e. The third-order valence-corrected chi connectivity index (χ3v) is 8.30. The van der Waals surface area contributed by atoms with Crippen LogP contribution >= 0.6 is 15.9 Å². The van der Waals surface area contributed by atoms with Crippen molar-refractivity contribution in [2.45, 2.75) is 38.9 Å². The first-order chi connectivity index (χ1) is 5.75. The van der Waals surface area contributed by atoms with Crippen molar-refractivity contribution in [2.24, 2.45) is 0 Å². The molecule has 0 saturated heterocycles. The van der Waals surface area contributed by atoms with E-state index in [2.05, 4.69) is 54.8 Å². The average molecular weight is 262 g/mol. The van der Waals surface area contributed by atoms with Gasteiger partial charge < -0.3 is 4.42 Å². The van der Waals surface area contributed by atoms with Crippen molar-refractivity contribution in [2.75, 3.05) is 0 Å². The van der Waals surface area contributed by atoms with Crippen LogP contribution in [0.5, 0.6) is 0 Å². The fourth-order valence-corrected chi connectivity index (χ4v) is 2.68. The van der Waals surface area contributed by atoms with Gasteiger partial charge in [-0.2, -0.15) is 0 Å². The van der Waals surface area contributed by atoms with Crippen molar-refractivity contribution in [3.63, 3.8) is 0 Å². The van der Waals surface area contributed by atoms with Crippen LogP contribution in [-0.2, 0) is 0 Å². The molecule has 74 valence electrons. The highest BCUT2D eigenvalue weighted by Crippen LogP contribution is 2.35. The van der Waals surface area contributed by atoms with Gasteiger partial charge in [-0.3, -0.25) is 0 Å². The lowest BCUT2D eigenvalue weighted by molar-refractivity contribution is 0.580. The maximum Gasteiger partial charge on any atom is 0.167 e. The second kappa shape index (κ2) is 3.24. The fourth-order valence-electron chi connectivity index (χ4n) is 0.862. The third kappa shape index (κ3) is 2.04. The lowest BCUT2D eigenvalue weighted by Crippen LogP contribution is -2.50. The first-order valence-corrected chi connectivity index (χ1v) is 8.16. The molecule has 0 bridgehead atoms. The van der Waals surface area contributed by atoms with Crippen LogP contribution in [0.1, 0.15) is 20.8 Å². The zero-order chi connectivity index (χ0) is 10.3. The van der Waals surface area contributed by atoms with Crippen molar-refractivity contribution >= 4 is 29.5 Å². The van der Waals surface area contributed by atoms with E-state index in [1.807, 2.05) is 0 Å². The second-order valence-corrected chi connectivity index (χ2v) is 10.8. The summed E-state index contributed by atoms with van der Waals surface area (Å²) in [5.41, 5.74) is 0.923. The van der Waals surface area contributed by atoms with Gasteiger partial charge in [0, 0.05) is 0 Å². The topological polar surface area (TPSA) is 26.0 Å². The Morgan fingerprint density at radius 1 is 1.38 bits per heavy atom. The van der Waals surface area contributed by atoms with E-state index in [0.717, 1.165) is 10.1 Å². The Morgan fingerprint density at radius 2 is 1.92 bits per heavy atom.